The summed E-state index contributed by atoms with van der Waals surface area (Å²) in [6.45, 7) is 0. The third-order valence-electron chi connectivity index (χ3n) is 1.06. The van der Waals surface area contributed by atoms with E-state index in [9.17, 15) is 0 Å². The Labute approximate surface area is 68.2 Å². The zero-order valence-electron chi connectivity index (χ0n) is 7.71. The van der Waals surface area contributed by atoms with Crippen molar-refractivity contribution in [3.8, 4) is 0 Å². The molecular weight excluding hydrogens is 321 g/mol. The maximum atomic E-state index is 2.55. The summed E-state index contributed by atoms with van der Waals surface area (Å²) in [7, 11) is 0. The molecule has 0 rings (SSSR count). The quantitative estimate of drug-likeness (QED) is 0.677. The van der Waals surface area contributed by atoms with Crippen molar-refractivity contribution in [1.82, 2.24) is 0 Å². The Morgan fingerprint density at radius 1 is 0.667 bits per heavy atom. The SMILES string of the molecule is [CH3][Sn]([CH3])([CH3])[CH2][Sn]([CH3])([CH3])[CH3]. The molecule has 0 radical (unpaired) electrons. The predicted octanol–water partition coefficient (Wildman–Crippen LogP) is 3.20. The van der Waals surface area contributed by atoms with Crippen LogP contribution in [0.25, 0.3) is 0 Å². The average molecular weight is 342 g/mol. The molecule has 9 heavy (non-hydrogen) atoms. The van der Waals surface area contributed by atoms with Crippen LogP contribution in [-0.2, 0) is 0 Å². The normalized spacial score (nSPS) is 14.0. The first-order chi connectivity index (χ1) is 3.71. The molecule has 0 nitrogen and oxygen atoms in total. The van der Waals surface area contributed by atoms with Crippen molar-refractivity contribution in [1.29, 1.82) is 0 Å². The molecule has 0 aromatic rings. The van der Waals surface area contributed by atoms with Crippen LogP contribution in [0, 0.1) is 0 Å². The zero-order chi connectivity index (χ0) is 7.71. The summed E-state index contributed by atoms with van der Waals surface area (Å²) in [5, 5.41) is 0. The molecule has 0 amide bonds. The summed E-state index contributed by atoms with van der Waals surface area (Å²) >= 11 is -2.71. The van der Waals surface area contributed by atoms with E-state index in [1.807, 2.05) is 0 Å². The Bertz CT molecular complexity index is 72.1. The Hall–Kier alpha value is 1.60. The molecule has 56 valence electrons. The van der Waals surface area contributed by atoms with E-state index in [0.29, 0.717) is 0 Å². The summed E-state index contributed by atoms with van der Waals surface area (Å²) in [6, 6.07) is 0. The minimum atomic E-state index is -1.35. The van der Waals surface area contributed by atoms with E-state index >= 15 is 0 Å². The average Bonchev–Trinajstić information content (AvgIpc) is 1.14. The van der Waals surface area contributed by atoms with Crippen molar-refractivity contribution in [2.75, 3.05) is 0 Å². The predicted molar refractivity (Wildman–Crippen MR) is 51.5 cm³/mol. The molecule has 0 heterocycles. The molecule has 0 unspecified atom stereocenters. The van der Waals surface area contributed by atoms with Gasteiger partial charge in [-0.3, -0.25) is 0 Å². The minimum absolute atomic E-state index is 1.35. The number of hydrogen-bond acceptors (Lipinski definition) is 0. The van der Waals surface area contributed by atoms with Gasteiger partial charge in [0.25, 0.3) is 0 Å². The van der Waals surface area contributed by atoms with E-state index in [2.05, 4.69) is 29.6 Å². The van der Waals surface area contributed by atoms with E-state index in [1.165, 1.54) is 0 Å². The van der Waals surface area contributed by atoms with E-state index in [4.69, 9.17) is 0 Å². The Balaban J connectivity index is 3.75. The summed E-state index contributed by atoms with van der Waals surface area (Å²) in [4.78, 5) is 15.3. The third-order valence-corrected chi connectivity index (χ3v) is 47.7. The van der Waals surface area contributed by atoms with Gasteiger partial charge in [-0.1, -0.05) is 0 Å². The van der Waals surface area contributed by atoms with Crippen LogP contribution in [0.2, 0.25) is 32.1 Å². The standard InChI is InChI=1S/6CH3.CH2.2Sn/h6*1H3;1H2;;. The van der Waals surface area contributed by atoms with Gasteiger partial charge in [0.05, 0.1) is 0 Å². The van der Waals surface area contributed by atoms with Crippen LogP contribution in [0.4, 0.5) is 0 Å². The molecule has 0 aliphatic heterocycles. The van der Waals surface area contributed by atoms with Crippen LogP contribution < -0.4 is 0 Å². The van der Waals surface area contributed by atoms with Gasteiger partial charge in [0, 0.05) is 0 Å². The second-order valence-electron chi connectivity index (χ2n) is 5.30. The van der Waals surface area contributed by atoms with Gasteiger partial charge >= 0.3 is 68.8 Å². The Kier molecular flexibility index (Phi) is 3.92. The molecule has 0 saturated heterocycles. The number of rotatable bonds is 2. The molecule has 0 atom stereocenters. The molecule has 0 spiro atoms. The van der Waals surface area contributed by atoms with Crippen LogP contribution in [-0.4, -0.2) is 36.8 Å². The second kappa shape index (κ2) is 3.33. The Morgan fingerprint density at radius 3 is 0.889 bits per heavy atom. The molecule has 0 aliphatic rings. The van der Waals surface area contributed by atoms with Crippen molar-refractivity contribution in [2.24, 2.45) is 0 Å². The van der Waals surface area contributed by atoms with Crippen LogP contribution in [0.3, 0.4) is 0 Å². The maximum absolute atomic E-state index is 2.55. The topological polar surface area (TPSA) is 0 Å². The van der Waals surface area contributed by atoms with Gasteiger partial charge in [-0.05, 0) is 0 Å². The molecule has 2 heteroatoms. The van der Waals surface area contributed by atoms with Gasteiger partial charge in [0.2, 0.25) is 0 Å². The van der Waals surface area contributed by atoms with Crippen molar-refractivity contribution in [2.45, 2.75) is 32.1 Å². The summed E-state index contributed by atoms with van der Waals surface area (Å²) < 4.78 is 1.71. The fourth-order valence-corrected chi connectivity index (χ4v) is 71.6. The summed E-state index contributed by atoms with van der Waals surface area (Å²) in [5.74, 6) is 0. The van der Waals surface area contributed by atoms with Crippen molar-refractivity contribution in [3.63, 3.8) is 0 Å². The van der Waals surface area contributed by atoms with Crippen LogP contribution in [0.15, 0.2) is 0 Å². The van der Waals surface area contributed by atoms with Crippen LogP contribution >= 0.6 is 0 Å². The van der Waals surface area contributed by atoms with Crippen LogP contribution in [0.1, 0.15) is 0 Å². The fourth-order valence-electron chi connectivity index (χ4n) is 1.59. The molecule has 0 aromatic heterocycles. The molecule has 0 bridgehead atoms. The van der Waals surface area contributed by atoms with E-state index < -0.39 is 36.8 Å². The first kappa shape index (κ1) is 10.6. The van der Waals surface area contributed by atoms with Crippen molar-refractivity contribution >= 4 is 36.8 Å². The molecule has 0 aromatic carbocycles. The molecule has 0 aliphatic carbocycles. The first-order valence-electron chi connectivity index (χ1n) is 3.71. The molecule has 0 N–H and O–H groups in total. The van der Waals surface area contributed by atoms with E-state index in [0.717, 1.165) is 0 Å². The molecule has 0 fully saturated rings. The first-order valence-corrected chi connectivity index (χ1v) is 24.9. The second-order valence-corrected chi connectivity index (χ2v) is 42.3. The van der Waals surface area contributed by atoms with Gasteiger partial charge < -0.3 is 0 Å². The van der Waals surface area contributed by atoms with Gasteiger partial charge in [-0.15, -0.1) is 0 Å². The summed E-state index contributed by atoms with van der Waals surface area (Å²) in [5.41, 5.74) is 0. The Morgan fingerprint density at radius 2 is 0.889 bits per heavy atom. The van der Waals surface area contributed by atoms with Crippen molar-refractivity contribution in [3.05, 3.63) is 0 Å². The third kappa shape index (κ3) is 9.60. The fraction of sp³-hybridized carbons (Fsp3) is 1.00. The summed E-state index contributed by atoms with van der Waals surface area (Å²) in [6.07, 6.45) is 0. The van der Waals surface area contributed by atoms with Crippen molar-refractivity contribution < 1.29 is 0 Å². The molecular formula is C7H20Sn2. The van der Waals surface area contributed by atoms with Gasteiger partial charge in [-0.2, -0.15) is 0 Å². The number of hydrogen-bond donors (Lipinski definition) is 0. The zero-order valence-corrected chi connectivity index (χ0v) is 13.4. The van der Waals surface area contributed by atoms with E-state index in [1.54, 1.807) is 2.45 Å². The van der Waals surface area contributed by atoms with E-state index in [-0.39, 0.29) is 0 Å². The molecule has 0 saturated carbocycles. The monoisotopic (exact) mass is 344 g/mol. The van der Waals surface area contributed by atoms with Gasteiger partial charge in [0.1, 0.15) is 0 Å². The van der Waals surface area contributed by atoms with Crippen LogP contribution in [0.5, 0.6) is 0 Å². The van der Waals surface area contributed by atoms with Gasteiger partial charge in [-0.25, -0.2) is 0 Å². The van der Waals surface area contributed by atoms with Gasteiger partial charge in [0.15, 0.2) is 0 Å².